The molecular formula is C5H11N3O3. The van der Waals surface area contributed by atoms with Gasteiger partial charge in [-0.25, -0.2) is 4.79 Å². The summed E-state index contributed by atoms with van der Waals surface area (Å²) in [6, 6.07) is -0.544. The van der Waals surface area contributed by atoms with Crippen molar-refractivity contribution >= 4 is 12.0 Å². The Labute approximate surface area is 63.5 Å². The van der Waals surface area contributed by atoms with Crippen LogP contribution < -0.4 is 11.9 Å². The second kappa shape index (κ2) is 3.20. The summed E-state index contributed by atoms with van der Waals surface area (Å²) in [6.45, 7) is 0.509. The van der Waals surface area contributed by atoms with Crippen LogP contribution in [-0.4, -0.2) is 35.1 Å². The van der Waals surface area contributed by atoms with Gasteiger partial charge >= 0.3 is 12.0 Å². The Kier molecular flexibility index (Phi) is 2.82. The van der Waals surface area contributed by atoms with Gasteiger partial charge in [-0.15, -0.1) is 0 Å². The number of primary amides is 1. The van der Waals surface area contributed by atoms with Gasteiger partial charge in [-0.05, 0) is 0 Å². The molecule has 0 aromatic carbocycles. The minimum Gasteiger partial charge on any atom is -0.481 e. The lowest BCUT2D eigenvalue weighted by atomic mass is 10.0. The van der Waals surface area contributed by atoms with E-state index in [4.69, 9.17) is 10.8 Å². The SMILES string of the molecule is N.NC(=O)N1CC(C(=O)O)C1. The van der Waals surface area contributed by atoms with E-state index in [2.05, 4.69) is 0 Å². The van der Waals surface area contributed by atoms with E-state index < -0.39 is 17.9 Å². The topological polar surface area (TPSA) is 119 Å². The Balaban J connectivity index is 0.000001000. The van der Waals surface area contributed by atoms with Gasteiger partial charge in [0.15, 0.2) is 0 Å². The van der Waals surface area contributed by atoms with Crippen molar-refractivity contribution in [3.63, 3.8) is 0 Å². The first-order chi connectivity index (χ1) is 4.61. The van der Waals surface area contributed by atoms with Gasteiger partial charge in [0.2, 0.25) is 0 Å². The van der Waals surface area contributed by atoms with Gasteiger partial charge in [-0.1, -0.05) is 0 Å². The first-order valence-electron chi connectivity index (χ1n) is 2.88. The van der Waals surface area contributed by atoms with Crippen LogP contribution >= 0.6 is 0 Å². The van der Waals surface area contributed by atoms with Crippen LogP contribution in [0.4, 0.5) is 4.79 Å². The fourth-order valence-electron chi connectivity index (χ4n) is 0.815. The predicted molar refractivity (Wildman–Crippen MR) is 37.3 cm³/mol. The van der Waals surface area contributed by atoms with E-state index in [9.17, 15) is 9.59 Å². The number of carbonyl (C=O) groups excluding carboxylic acids is 1. The van der Waals surface area contributed by atoms with E-state index in [-0.39, 0.29) is 19.2 Å². The van der Waals surface area contributed by atoms with Crippen molar-refractivity contribution in [2.75, 3.05) is 13.1 Å². The highest BCUT2D eigenvalue weighted by molar-refractivity contribution is 5.78. The maximum absolute atomic E-state index is 10.3. The monoisotopic (exact) mass is 161 g/mol. The zero-order chi connectivity index (χ0) is 7.72. The molecule has 2 amide bonds. The van der Waals surface area contributed by atoms with Gasteiger partial charge in [-0.3, -0.25) is 4.79 Å². The lowest BCUT2D eigenvalue weighted by Crippen LogP contribution is -2.54. The highest BCUT2D eigenvalue weighted by Crippen LogP contribution is 2.13. The number of hydrogen-bond donors (Lipinski definition) is 3. The summed E-state index contributed by atoms with van der Waals surface area (Å²) >= 11 is 0. The molecule has 0 aromatic heterocycles. The Bertz CT molecular complexity index is 158. The molecule has 1 heterocycles. The Morgan fingerprint density at radius 2 is 1.91 bits per heavy atom. The first-order valence-corrected chi connectivity index (χ1v) is 2.88. The molecule has 6 nitrogen and oxygen atoms in total. The molecule has 64 valence electrons. The standard InChI is InChI=1S/C5H8N2O3.H3N/c6-5(10)7-1-3(2-7)4(8)9;/h3H,1-2H2,(H2,6,10)(H,8,9);1H3. The first kappa shape index (κ1) is 9.70. The maximum Gasteiger partial charge on any atom is 0.314 e. The van der Waals surface area contributed by atoms with E-state index >= 15 is 0 Å². The number of rotatable bonds is 1. The van der Waals surface area contributed by atoms with Gasteiger partial charge < -0.3 is 21.9 Å². The summed E-state index contributed by atoms with van der Waals surface area (Å²) in [4.78, 5) is 21.8. The molecule has 0 radical (unpaired) electrons. The average Bonchev–Trinajstić information content (AvgIpc) is 1.56. The lowest BCUT2D eigenvalue weighted by Gasteiger charge is -2.34. The molecule has 11 heavy (non-hydrogen) atoms. The van der Waals surface area contributed by atoms with Gasteiger partial charge in [0.1, 0.15) is 0 Å². The normalized spacial score (nSPS) is 16.5. The van der Waals surface area contributed by atoms with Gasteiger partial charge in [0.05, 0.1) is 5.92 Å². The van der Waals surface area contributed by atoms with Crippen molar-refractivity contribution in [2.45, 2.75) is 0 Å². The minimum atomic E-state index is -0.863. The molecule has 0 saturated carbocycles. The number of urea groups is 1. The van der Waals surface area contributed by atoms with Gasteiger partial charge in [-0.2, -0.15) is 0 Å². The molecule has 1 fully saturated rings. The summed E-state index contributed by atoms with van der Waals surface area (Å²) in [5, 5.41) is 8.35. The van der Waals surface area contributed by atoms with E-state index in [0.717, 1.165) is 0 Å². The minimum absolute atomic E-state index is 0. The highest BCUT2D eigenvalue weighted by atomic mass is 16.4. The number of carboxylic acids is 1. The molecule has 0 atom stereocenters. The third-order valence-corrected chi connectivity index (χ3v) is 1.54. The fourth-order valence-corrected chi connectivity index (χ4v) is 0.815. The predicted octanol–water partition coefficient (Wildman–Crippen LogP) is -0.757. The molecule has 0 unspecified atom stereocenters. The molecular weight excluding hydrogens is 150 g/mol. The van der Waals surface area contributed by atoms with E-state index in [0.29, 0.717) is 0 Å². The van der Waals surface area contributed by atoms with Crippen LogP contribution in [-0.2, 0) is 4.79 Å². The molecule has 0 aliphatic carbocycles. The number of carboxylic acid groups (broad SMARTS) is 1. The maximum atomic E-state index is 10.3. The van der Waals surface area contributed by atoms with E-state index in [1.165, 1.54) is 4.90 Å². The smallest absolute Gasteiger partial charge is 0.314 e. The molecule has 6 N–H and O–H groups in total. The molecule has 0 bridgehead atoms. The number of nitrogens with two attached hydrogens (primary N) is 1. The zero-order valence-electron chi connectivity index (χ0n) is 5.99. The summed E-state index contributed by atoms with van der Waals surface area (Å²) in [5.41, 5.74) is 4.85. The second-order valence-corrected chi connectivity index (χ2v) is 2.28. The van der Waals surface area contributed by atoms with Crippen LogP contribution in [0.1, 0.15) is 0 Å². The van der Waals surface area contributed by atoms with E-state index in [1.54, 1.807) is 0 Å². The third-order valence-electron chi connectivity index (χ3n) is 1.54. The summed E-state index contributed by atoms with van der Waals surface area (Å²) in [5.74, 6) is -1.27. The molecule has 0 aromatic rings. The number of hydrogen-bond acceptors (Lipinski definition) is 3. The number of carbonyl (C=O) groups is 2. The quantitative estimate of drug-likeness (QED) is 0.468. The second-order valence-electron chi connectivity index (χ2n) is 2.28. The molecule has 6 heteroatoms. The Morgan fingerprint density at radius 1 is 1.45 bits per heavy atom. The number of amides is 2. The van der Waals surface area contributed by atoms with E-state index in [1.807, 2.05) is 0 Å². The van der Waals surface area contributed by atoms with Crippen LogP contribution in [0.3, 0.4) is 0 Å². The molecule has 1 saturated heterocycles. The Hall–Kier alpha value is -1.30. The van der Waals surface area contributed by atoms with Crippen molar-refractivity contribution in [3.8, 4) is 0 Å². The summed E-state index contributed by atoms with van der Waals surface area (Å²) < 4.78 is 0. The van der Waals surface area contributed by atoms with Crippen LogP contribution in [0.15, 0.2) is 0 Å². The van der Waals surface area contributed by atoms with Crippen molar-refractivity contribution in [1.82, 2.24) is 11.1 Å². The summed E-state index contributed by atoms with van der Waals surface area (Å²) in [6.07, 6.45) is 0. The molecule has 1 aliphatic heterocycles. The molecule has 1 rings (SSSR count). The number of aliphatic carboxylic acids is 1. The third kappa shape index (κ3) is 1.81. The number of nitrogens with zero attached hydrogens (tertiary/aromatic N) is 1. The Morgan fingerprint density at radius 3 is 2.18 bits per heavy atom. The van der Waals surface area contributed by atoms with Gasteiger partial charge in [0, 0.05) is 13.1 Å². The number of likely N-dealkylation sites (tertiary alicyclic amines) is 1. The van der Waals surface area contributed by atoms with Crippen molar-refractivity contribution in [2.24, 2.45) is 11.7 Å². The van der Waals surface area contributed by atoms with Crippen LogP contribution in [0.25, 0.3) is 0 Å². The van der Waals surface area contributed by atoms with Crippen molar-refractivity contribution < 1.29 is 14.7 Å². The molecule has 0 spiro atoms. The zero-order valence-corrected chi connectivity index (χ0v) is 5.99. The fraction of sp³-hybridized carbons (Fsp3) is 0.600. The average molecular weight is 161 g/mol. The molecule has 1 aliphatic rings. The summed E-state index contributed by atoms with van der Waals surface area (Å²) in [7, 11) is 0. The van der Waals surface area contributed by atoms with Crippen molar-refractivity contribution in [1.29, 1.82) is 0 Å². The van der Waals surface area contributed by atoms with Gasteiger partial charge in [0.25, 0.3) is 0 Å². The highest BCUT2D eigenvalue weighted by Gasteiger charge is 2.34. The lowest BCUT2D eigenvalue weighted by molar-refractivity contribution is -0.145. The largest absolute Gasteiger partial charge is 0.481 e. The van der Waals surface area contributed by atoms with Crippen LogP contribution in [0.2, 0.25) is 0 Å². The van der Waals surface area contributed by atoms with Crippen LogP contribution in [0, 0.1) is 5.92 Å². The van der Waals surface area contributed by atoms with Crippen molar-refractivity contribution in [3.05, 3.63) is 0 Å². The van der Waals surface area contributed by atoms with Crippen LogP contribution in [0.5, 0.6) is 0 Å².